The normalized spacial score (nSPS) is 16.1. The molecule has 1 aliphatic heterocycles. The van der Waals surface area contributed by atoms with Crippen molar-refractivity contribution in [3.63, 3.8) is 0 Å². The number of nitrogens with one attached hydrogen (secondary N) is 2. The van der Waals surface area contributed by atoms with Crippen LogP contribution in [0.5, 0.6) is 0 Å². The molecule has 5 nitrogen and oxygen atoms in total. The lowest BCUT2D eigenvalue weighted by atomic mass is 10.1. The summed E-state index contributed by atoms with van der Waals surface area (Å²) in [4.78, 5) is 16.6. The highest BCUT2D eigenvalue weighted by molar-refractivity contribution is 6.30. The second-order valence-corrected chi connectivity index (χ2v) is 8.06. The van der Waals surface area contributed by atoms with Gasteiger partial charge in [-0.25, -0.2) is 0 Å². The number of anilines is 1. The smallest absolute Gasteiger partial charge is 0.234 e. The third kappa shape index (κ3) is 7.63. The van der Waals surface area contributed by atoms with Crippen LogP contribution in [0.15, 0.2) is 24.3 Å². The largest absolute Gasteiger partial charge is 0.369 e. The summed E-state index contributed by atoms with van der Waals surface area (Å²) in [6.45, 7) is 12.2. The van der Waals surface area contributed by atoms with Gasteiger partial charge in [0.1, 0.15) is 0 Å². The summed E-state index contributed by atoms with van der Waals surface area (Å²) in [6, 6.07) is 7.95. The molecule has 140 valence electrons. The van der Waals surface area contributed by atoms with Crippen LogP contribution in [0.2, 0.25) is 5.02 Å². The van der Waals surface area contributed by atoms with Crippen LogP contribution < -0.4 is 15.5 Å². The molecule has 1 saturated heterocycles. The predicted octanol–water partition coefficient (Wildman–Crippen LogP) is 2.36. The minimum atomic E-state index is 0.118. The second kappa shape index (κ2) is 9.41. The highest BCUT2D eigenvalue weighted by Crippen LogP contribution is 2.20. The van der Waals surface area contributed by atoms with Gasteiger partial charge in [0.15, 0.2) is 0 Å². The lowest BCUT2D eigenvalue weighted by molar-refractivity contribution is -0.122. The third-order valence-electron chi connectivity index (χ3n) is 4.24. The van der Waals surface area contributed by atoms with E-state index in [1.807, 2.05) is 18.2 Å². The van der Waals surface area contributed by atoms with E-state index in [-0.39, 0.29) is 11.4 Å². The molecule has 1 aliphatic rings. The van der Waals surface area contributed by atoms with Crippen molar-refractivity contribution in [3.8, 4) is 0 Å². The monoisotopic (exact) mass is 366 g/mol. The summed E-state index contributed by atoms with van der Waals surface area (Å²) in [6.07, 6.45) is 0.950. The van der Waals surface area contributed by atoms with E-state index in [9.17, 15) is 4.79 Å². The van der Waals surface area contributed by atoms with Crippen LogP contribution >= 0.6 is 11.6 Å². The van der Waals surface area contributed by atoms with Gasteiger partial charge >= 0.3 is 0 Å². The molecule has 0 bridgehead atoms. The molecule has 0 saturated carbocycles. The van der Waals surface area contributed by atoms with Crippen molar-refractivity contribution in [1.82, 2.24) is 15.5 Å². The number of piperazine rings is 1. The number of benzene rings is 1. The van der Waals surface area contributed by atoms with Gasteiger partial charge in [-0.05, 0) is 51.9 Å². The molecule has 0 spiro atoms. The third-order valence-corrected chi connectivity index (χ3v) is 4.48. The molecule has 0 unspecified atom stereocenters. The van der Waals surface area contributed by atoms with E-state index in [0.717, 1.165) is 56.4 Å². The first kappa shape index (κ1) is 20.0. The zero-order valence-corrected chi connectivity index (χ0v) is 16.4. The number of amides is 1. The van der Waals surface area contributed by atoms with Crippen molar-refractivity contribution in [1.29, 1.82) is 0 Å². The average molecular weight is 367 g/mol. The van der Waals surface area contributed by atoms with E-state index in [2.05, 4.69) is 47.3 Å². The Labute approximate surface area is 156 Å². The van der Waals surface area contributed by atoms with Gasteiger partial charge in [0.2, 0.25) is 5.91 Å². The van der Waals surface area contributed by atoms with Crippen LogP contribution in [0.25, 0.3) is 0 Å². The molecule has 0 atom stereocenters. The zero-order valence-electron chi connectivity index (χ0n) is 15.6. The minimum absolute atomic E-state index is 0.118. The standard InChI is InChI=1S/C19H31ClN4O/c1-19(2,3)22-9-5-8-21-18(25)15-23-10-12-24(13-11-23)17-7-4-6-16(20)14-17/h4,6-7,14,22H,5,8-13,15H2,1-3H3,(H,21,25). The maximum atomic E-state index is 12.1. The fourth-order valence-electron chi connectivity index (χ4n) is 2.88. The first-order chi connectivity index (χ1) is 11.8. The van der Waals surface area contributed by atoms with Crippen LogP contribution in [0.3, 0.4) is 0 Å². The molecule has 1 aromatic rings. The van der Waals surface area contributed by atoms with E-state index in [1.54, 1.807) is 0 Å². The van der Waals surface area contributed by atoms with Crippen LogP contribution in [0, 0.1) is 0 Å². The molecule has 1 amide bonds. The summed E-state index contributed by atoms with van der Waals surface area (Å²) in [7, 11) is 0. The van der Waals surface area contributed by atoms with Crippen molar-refractivity contribution >= 4 is 23.2 Å². The molecule has 25 heavy (non-hydrogen) atoms. The van der Waals surface area contributed by atoms with Crippen molar-refractivity contribution in [2.75, 3.05) is 50.7 Å². The lowest BCUT2D eigenvalue weighted by Gasteiger charge is -2.35. The van der Waals surface area contributed by atoms with Crippen molar-refractivity contribution < 1.29 is 4.79 Å². The fourth-order valence-corrected chi connectivity index (χ4v) is 3.06. The number of halogens is 1. The minimum Gasteiger partial charge on any atom is -0.369 e. The zero-order chi connectivity index (χ0) is 18.3. The van der Waals surface area contributed by atoms with Gasteiger partial charge in [0.05, 0.1) is 6.54 Å². The molecular formula is C19H31ClN4O. The fraction of sp³-hybridized carbons (Fsp3) is 0.632. The highest BCUT2D eigenvalue weighted by Gasteiger charge is 2.19. The molecule has 6 heteroatoms. The quantitative estimate of drug-likeness (QED) is 0.727. The summed E-state index contributed by atoms with van der Waals surface area (Å²) < 4.78 is 0. The Balaban J connectivity index is 1.62. The SMILES string of the molecule is CC(C)(C)NCCCNC(=O)CN1CCN(c2cccc(Cl)c2)CC1. The van der Waals surface area contributed by atoms with Gasteiger partial charge < -0.3 is 15.5 Å². The maximum absolute atomic E-state index is 12.1. The van der Waals surface area contributed by atoms with Gasteiger partial charge in [0, 0.05) is 49.0 Å². The molecule has 2 rings (SSSR count). The van der Waals surface area contributed by atoms with Gasteiger partial charge in [-0.3, -0.25) is 9.69 Å². The molecule has 1 heterocycles. The maximum Gasteiger partial charge on any atom is 0.234 e. The van der Waals surface area contributed by atoms with Crippen LogP contribution in [0.4, 0.5) is 5.69 Å². The van der Waals surface area contributed by atoms with E-state index < -0.39 is 0 Å². The van der Waals surface area contributed by atoms with Crippen LogP contribution in [0.1, 0.15) is 27.2 Å². The Morgan fingerprint density at radius 3 is 2.52 bits per heavy atom. The van der Waals surface area contributed by atoms with E-state index in [4.69, 9.17) is 11.6 Å². The highest BCUT2D eigenvalue weighted by atomic mass is 35.5. The van der Waals surface area contributed by atoms with Gasteiger partial charge in [0.25, 0.3) is 0 Å². The predicted molar refractivity (Wildman–Crippen MR) is 105 cm³/mol. The summed E-state index contributed by atoms with van der Waals surface area (Å²) in [5, 5.41) is 7.20. The van der Waals surface area contributed by atoms with Crippen molar-refractivity contribution in [2.24, 2.45) is 0 Å². The average Bonchev–Trinajstić information content (AvgIpc) is 2.54. The summed E-state index contributed by atoms with van der Waals surface area (Å²) in [5.41, 5.74) is 1.29. The van der Waals surface area contributed by atoms with Gasteiger partial charge in [-0.2, -0.15) is 0 Å². The Morgan fingerprint density at radius 2 is 1.88 bits per heavy atom. The first-order valence-corrected chi connectivity index (χ1v) is 9.46. The first-order valence-electron chi connectivity index (χ1n) is 9.08. The number of nitrogens with zero attached hydrogens (tertiary/aromatic N) is 2. The Bertz CT molecular complexity index is 551. The molecule has 0 radical (unpaired) electrons. The molecule has 2 N–H and O–H groups in total. The number of rotatable bonds is 7. The second-order valence-electron chi connectivity index (χ2n) is 7.62. The summed E-state index contributed by atoms with van der Waals surface area (Å²) >= 11 is 6.06. The molecular weight excluding hydrogens is 336 g/mol. The Hall–Kier alpha value is -1.30. The number of carbonyl (C=O) groups excluding carboxylic acids is 1. The lowest BCUT2D eigenvalue weighted by Crippen LogP contribution is -2.49. The molecule has 1 aromatic carbocycles. The molecule has 0 aliphatic carbocycles. The molecule has 1 fully saturated rings. The van der Waals surface area contributed by atoms with Crippen LogP contribution in [-0.4, -0.2) is 62.2 Å². The topological polar surface area (TPSA) is 47.6 Å². The van der Waals surface area contributed by atoms with Gasteiger partial charge in [-0.1, -0.05) is 17.7 Å². The Morgan fingerprint density at radius 1 is 1.16 bits per heavy atom. The number of hydrogen-bond donors (Lipinski definition) is 2. The number of hydrogen-bond acceptors (Lipinski definition) is 4. The van der Waals surface area contributed by atoms with E-state index in [0.29, 0.717) is 6.54 Å². The Kier molecular flexibility index (Phi) is 7.54. The van der Waals surface area contributed by atoms with E-state index in [1.165, 1.54) is 0 Å². The summed E-state index contributed by atoms with van der Waals surface area (Å²) in [5.74, 6) is 0.118. The van der Waals surface area contributed by atoms with E-state index >= 15 is 0 Å². The van der Waals surface area contributed by atoms with Crippen LogP contribution in [-0.2, 0) is 4.79 Å². The number of carbonyl (C=O) groups is 1. The van der Waals surface area contributed by atoms with Crippen molar-refractivity contribution in [2.45, 2.75) is 32.7 Å². The molecule has 0 aromatic heterocycles. The van der Waals surface area contributed by atoms with Crippen molar-refractivity contribution in [3.05, 3.63) is 29.3 Å². The van der Waals surface area contributed by atoms with Gasteiger partial charge in [-0.15, -0.1) is 0 Å².